The van der Waals surface area contributed by atoms with Crippen molar-refractivity contribution < 1.29 is 19.2 Å². The minimum absolute atomic E-state index is 0.152. The number of likely N-dealkylation sites (N-methyl/N-ethyl adjacent to an activating group) is 1. The third-order valence-electron chi connectivity index (χ3n) is 6.98. The van der Waals surface area contributed by atoms with Crippen LogP contribution in [0.2, 0.25) is 0 Å². The van der Waals surface area contributed by atoms with Gasteiger partial charge in [-0.3, -0.25) is 23.9 Å². The lowest BCUT2D eigenvalue weighted by atomic mass is 9.95. The second-order valence-corrected chi connectivity index (χ2v) is 9.26. The van der Waals surface area contributed by atoms with Crippen molar-refractivity contribution in [3.8, 4) is 0 Å². The van der Waals surface area contributed by atoms with Gasteiger partial charge in [0.2, 0.25) is 11.8 Å². The van der Waals surface area contributed by atoms with Crippen molar-refractivity contribution in [2.45, 2.75) is 70.0 Å². The van der Waals surface area contributed by atoms with E-state index in [1.165, 1.54) is 15.6 Å². The molecule has 2 fully saturated rings. The molecule has 1 atom stereocenters. The van der Waals surface area contributed by atoms with Gasteiger partial charge in [-0.15, -0.1) is 0 Å². The Balaban J connectivity index is 1.37. The fraction of sp³-hybridized carbons (Fsp3) is 0.682. The summed E-state index contributed by atoms with van der Waals surface area (Å²) >= 11 is 0. The van der Waals surface area contributed by atoms with Crippen molar-refractivity contribution in [1.29, 1.82) is 0 Å². The summed E-state index contributed by atoms with van der Waals surface area (Å²) in [5.74, 6) is -0.726. The molecule has 1 unspecified atom stereocenters. The summed E-state index contributed by atoms with van der Waals surface area (Å²) in [6, 6.07) is 1.63. The number of nitrogens with zero attached hydrogens (tertiary/aromatic N) is 4. The van der Waals surface area contributed by atoms with Gasteiger partial charge >= 0.3 is 0 Å². The number of likely N-dealkylation sites (tertiary alicyclic amines) is 1. The second-order valence-electron chi connectivity index (χ2n) is 9.26. The molecule has 4 rings (SSSR count). The first-order chi connectivity index (χ1) is 15.3. The molecule has 2 N–H and O–H groups in total. The average molecular weight is 445 g/mol. The maximum Gasteiger partial charge on any atom is 0.272 e. The molecule has 0 radical (unpaired) electrons. The molecule has 10 heteroatoms. The topological polar surface area (TPSA) is 117 Å². The van der Waals surface area contributed by atoms with Crippen LogP contribution in [-0.4, -0.2) is 81.5 Å². The van der Waals surface area contributed by atoms with Crippen molar-refractivity contribution in [1.82, 2.24) is 30.2 Å². The molecule has 1 aliphatic carbocycles. The van der Waals surface area contributed by atoms with Gasteiger partial charge in [-0.05, 0) is 32.6 Å². The molecule has 32 heavy (non-hydrogen) atoms. The van der Waals surface area contributed by atoms with Crippen LogP contribution >= 0.6 is 0 Å². The number of amides is 4. The molecular formula is C22H32N6O4. The van der Waals surface area contributed by atoms with Crippen molar-refractivity contribution in [3.05, 3.63) is 17.5 Å². The fourth-order valence-corrected chi connectivity index (χ4v) is 4.75. The summed E-state index contributed by atoms with van der Waals surface area (Å²) in [5.41, 5.74) is -0.625. The monoisotopic (exact) mass is 444 g/mol. The number of aromatic nitrogens is 2. The molecule has 2 aliphatic heterocycles. The quantitative estimate of drug-likeness (QED) is 0.595. The zero-order valence-corrected chi connectivity index (χ0v) is 18.9. The summed E-state index contributed by atoms with van der Waals surface area (Å²) < 4.78 is 1.47. The van der Waals surface area contributed by atoms with Crippen LogP contribution in [0.3, 0.4) is 0 Å². The molecule has 0 bridgehead atoms. The van der Waals surface area contributed by atoms with Crippen LogP contribution in [0.15, 0.2) is 6.07 Å². The number of hydrogen-bond acceptors (Lipinski definition) is 5. The van der Waals surface area contributed by atoms with Crippen LogP contribution in [0.1, 0.15) is 72.8 Å². The van der Waals surface area contributed by atoms with E-state index in [1.807, 2.05) is 4.90 Å². The molecule has 10 nitrogen and oxygen atoms in total. The van der Waals surface area contributed by atoms with E-state index >= 15 is 0 Å². The Morgan fingerprint density at radius 3 is 2.66 bits per heavy atom. The van der Waals surface area contributed by atoms with Crippen molar-refractivity contribution >= 4 is 23.6 Å². The number of fused-ring (bicyclic) bond motifs is 1. The van der Waals surface area contributed by atoms with Gasteiger partial charge in [-0.1, -0.05) is 12.8 Å². The van der Waals surface area contributed by atoms with E-state index in [-0.39, 0.29) is 41.9 Å². The number of hydrogen-bond donors (Lipinski definition) is 2. The van der Waals surface area contributed by atoms with Gasteiger partial charge in [0.05, 0.1) is 6.54 Å². The van der Waals surface area contributed by atoms with Crippen LogP contribution in [0.25, 0.3) is 0 Å². The van der Waals surface area contributed by atoms with Gasteiger partial charge in [0.25, 0.3) is 11.8 Å². The summed E-state index contributed by atoms with van der Waals surface area (Å²) in [6.07, 6.45) is 6.29. The normalized spacial score (nSPS) is 23.6. The van der Waals surface area contributed by atoms with E-state index in [1.54, 1.807) is 14.0 Å². The molecule has 3 heterocycles. The minimum Gasteiger partial charge on any atom is -0.351 e. The summed E-state index contributed by atoms with van der Waals surface area (Å²) in [7, 11) is 1.62. The van der Waals surface area contributed by atoms with E-state index in [0.29, 0.717) is 31.6 Å². The summed E-state index contributed by atoms with van der Waals surface area (Å²) in [4.78, 5) is 53.5. The zero-order valence-electron chi connectivity index (χ0n) is 18.9. The molecule has 0 spiro atoms. The Morgan fingerprint density at radius 1 is 1.22 bits per heavy atom. The summed E-state index contributed by atoms with van der Waals surface area (Å²) in [5, 5.41) is 10.2. The predicted molar refractivity (Wildman–Crippen MR) is 116 cm³/mol. The molecule has 174 valence electrons. The highest BCUT2D eigenvalue weighted by molar-refractivity contribution is 6.01. The Hall–Kier alpha value is -2.91. The maximum atomic E-state index is 13.0. The van der Waals surface area contributed by atoms with E-state index in [4.69, 9.17) is 0 Å². The molecule has 1 saturated carbocycles. The Kier molecular flexibility index (Phi) is 6.21. The molecular weight excluding hydrogens is 412 g/mol. The molecule has 1 aromatic heterocycles. The van der Waals surface area contributed by atoms with Gasteiger partial charge < -0.3 is 20.4 Å². The van der Waals surface area contributed by atoms with Crippen LogP contribution in [0, 0.1) is 0 Å². The first kappa shape index (κ1) is 22.3. The Labute approximate surface area is 187 Å². The van der Waals surface area contributed by atoms with E-state index in [2.05, 4.69) is 15.7 Å². The maximum absolute atomic E-state index is 13.0. The zero-order chi connectivity index (χ0) is 22.9. The van der Waals surface area contributed by atoms with Gasteiger partial charge in [-0.25, -0.2) is 0 Å². The number of carbonyl (C=O) groups excluding carboxylic acids is 4. The van der Waals surface area contributed by atoms with Crippen LogP contribution in [0.4, 0.5) is 0 Å². The van der Waals surface area contributed by atoms with Gasteiger partial charge in [-0.2, -0.15) is 5.10 Å². The fourth-order valence-electron chi connectivity index (χ4n) is 4.75. The minimum atomic E-state index is -1.07. The highest BCUT2D eigenvalue weighted by atomic mass is 16.2. The summed E-state index contributed by atoms with van der Waals surface area (Å²) in [6.45, 7) is 3.74. The lowest BCUT2D eigenvalue weighted by Gasteiger charge is -2.41. The van der Waals surface area contributed by atoms with Gasteiger partial charge in [0, 0.05) is 45.2 Å². The standard InChI is InChI=1S/C22H32N6O4/c1-22(21(32)24-15-7-3-4-8-15)14-28-17(20(31)26(22)2)13-16(25-28)19(30)23-10-6-12-27-11-5-9-18(27)29/h13,15H,3-12,14H2,1-2H3,(H,23,30)(H,24,32). The largest absolute Gasteiger partial charge is 0.351 e. The highest BCUT2D eigenvalue weighted by Crippen LogP contribution is 2.27. The molecule has 4 amide bonds. The lowest BCUT2D eigenvalue weighted by molar-refractivity contribution is -0.133. The number of carbonyl (C=O) groups is 4. The SMILES string of the molecule is CN1C(=O)c2cc(C(=O)NCCCN3CCCC3=O)nn2CC1(C)C(=O)NC1CCCC1. The van der Waals surface area contributed by atoms with E-state index in [0.717, 1.165) is 38.6 Å². The molecule has 1 aromatic rings. The van der Waals surface area contributed by atoms with Gasteiger partial charge in [0.1, 0.15) is 11.2 Å². The third kappa shape index (κ3) is 4.22. The molecule has 3 aliphatic rings. The lowest BCUT2D eigenvalue weighted by Crippen LogP contribution is -2.63. The van der Waals surface area contributed by atoms with Crippen LogP contribution < -0.4 is 10.6 Å². The van der Waals surface area contributed by atoms with Crippen molar-refractivity contribution in [2.75, 3.05) is 26.7 Å². The third-order valence-corrected chi connectivity index (χ3v) is 6.98. The van der Waals surface area contributed by atoms with E-state index < -0.39 is 5.54 Å². The van der Waals surface area contributed by atoms with Crippen molar-refractivity contribution in [2.24, 2.45) is 0 Å². The Morgan fingerprint density at radius 2 is 1.97 bits per heavy atom. The first-order valence-electron chi connectivity index (χ1n) is 11.5. The average Bonchev–Trinajstić information content (AvgIpc) is 3.51. The molecule has 1 saturated heterocycles. The second kappa shape index (κ2) is 8.91. The molecule has 0 aromatic carbocycles. The van der Waals surface area contributed by atoms with E-state index in [9.17, 15) is 19.2 Å². The van der Waals surface area contributed by atoms with Crippen LogP contribution in [0.5, 0.6) is 0 Å². The first-order valence-corrected chi connectivity index (χ1v) is 11.5. The van der Waals surface area contributed by atoms with Crippen LogP contribution in [-0.2, 0) is 16.1 Å². The number of nitrogens with one attached hydrogen (secondary N) is 2. The smallest absolute Gasteiger partial charge is 0.272 e. The predicted octanol–water partition coefficient (Wildman–Crippen LogP) is 0.529. The number of rotatable bonds is 7. The Bertz CT molecular complexity index is 922. The van der Waals surface area contributed by atoms with Gasteiger partial charge in [0.15, 0.2) is 5.69 Å². The van der Waals surface area contributed by atoms with Crippen molar-refractivity contribution in [3.63, 3.8) is 0 Å². The highest BCUT2D eigenvalue weighted by Gasteiger charge is 2.46.